The topological polar surface area (TPSA) is 41.6 Å². The molecule has 1 amide bonds. The molecule has 0 aromatic carbocycles. The number of carbonyl (C=O) groups excluding carboxylic acids is 1. The summed E-state index contributed by atoms with van der Waals surface area (Å²) in [6.45, 7) is 2.64. The van der Waals surface area contributed by atoms with Gasteiger partial charge in [0.1, 0.15) is 5.60 Å². The summed E-state index contributed by atoms with van der Waals surface area (Å²) < 4.78 is 5.62. The molecule has 4 nitrogen and oxygen atoms in total. The molecular weight excluding hydrogens is 276 g/mol. The molecule has 2 rings (SSSR count). The first-order valence-electron chi connectivity index (χ1n) is 7.69. The van der Waals surface area contributed by atoms with Crippen LogP contribution in [0.1, 0.15) is 44.9 Å². The van der Waals surface area contributed by atoms with Gasteiger partial charge in [-0.2, -0.15) is 0 Å². The third-order valence-corrected chi connectivity index (χ3v) is 4.80. The molecule has 0 aromatic rings. The number of nitrogens with one attached hydrogen (secondary N) is 1. The fraction of sp³-hybridized carbons (Fsp3) is 0.933. The van der Waals surface area contributed by atoms with E-state index in [1.807, 2.05) is 11.9 Å². The highest BCUT2D eigenvalue weighted by atomic mass is 35.5. The summed E-state index contributed by atoms with van der Waals surface area (Å²) >= 11 is 0. The molecule has 1 saturated carbocycles. The van der Waals surface area contributed by atoms with E-state index in [2.05, 4.69) is 5.32 Å². The van der Waals surface area contributed by atoms with Crippen LogP contribution in [0.5, 0.6) is 0 Å². The molecule has 0 spiro atoms. The van der Waals surface area contributed by atoms with E-state index in [0.29, 0.717) is 5.92 Å². The summed E-state index contributed by atoms with van der Waals surface area (Å²) in [5.41, 5.74) is -0.575. The molecule has 2 aliphatic rings. The number of halogens is 1. The Morgan fingerprint density at radius 2 is 1.85 bits per heavy atom. The number of amides is 1. The molecule has 5 heteroatoms. The van der Waals surface area contributed by atoms with Crippen molar-refractivity contribution in [3.8, 4) is 0 Å². The number of nitrogens with zero attached hydrogens (tertiary/aromatic N) is 1. The number of piperidine rings is 1. The van der Waals surface area contributed by atoms with Gasteiger partial charge >= 0.3 is 0 Å². The Morgan fingerprint density at radius 3 is 2.40 bits per heavy atom. The normalized spacial score (nSPS) is 22.9. The molecule has 0 radical (unpaired) electrons. The van der Waals surface area contributed by atoms with E-state index in [1.54, 1.807) is 7.11 Å². The number of carbonyl (C=O) groups is 1. The van der Waals surface area contributed by atoms with Gasteiger partial charge in [0.25, 0.3) is 5.91 Å². The monoisotopic (exact) mass is 304 g/mol. The SMILES string of the molecule is COC1(C(=O)N(C)CC2CCCCC2)CCNCC1.Cl. The minimum absolute atomic E-state index is 0. The maximum absolute atomic E-state index is 12.7. The number of hydrogen-bond donors (Lipinski definition) is 1. The lowest BCUT2D eigenvalue weighted by Gasteiger charge is -2.39. The lowest BCUT2D eigenvalue weighted by Crippen LogP contribution is -2.55. The Labute approximate surface area is 129 Å². The maximum Gasteiger partial charge on any atom is 0.254 e. The smallest absolute Gasteiger partial charge is 0.254 e. The molecule has 1 aliphatic heterocycles. The molecule has 1 N–H and O–H groups in total. The van der Waals surface area contributed by atoms with Crippen LogP contribution >= 0.6 is 12.4 Å². The number of hydrogen-bond acceptors (Lipinski definition) is 3. The lowest BCUT2D eigenvalue weighted by molar-refractivity contribution is -0.157. The van der Waals surface area contributed by atoms with Gasteiger partial charge < -0.3 is 15.0 Å². The quantitative estimate of drug-likeness (QED) is 0.866. The summed E-state index contributed by atoms with van der Waals surface area (Å²) in [5, 5.41) is 3.30. The van der Waals surface area contributed by atoms with Gasteiger partial charge in [0, 0.05) is 20.7 Å². The Hall–Kier alpha value is -0.320. The van der Waals surface area contributed by atoms with Crippen LogP contribution < -0.4 is 5.32 Å². The van der Waals surface area contributed by atoms with Gasteiger partial charge in [0.15, 0.2) is 0 Å². The van der Waals surface area contributed by atoms with Gasteiger partial charge in [-0.05, 0) is 44.7 Å². The second-order valence-corrected chi connectivity index (χ2v) is 6.14. The van der Waals surface area contributed by atoms with Crippen molar-refractivity contribution in [2.75, 3.05) is 33.8 Å². The van der Waals surface area contributed by atoms with Crippen LogP contribution in [-0.4, -0.2) is 50.2 Å². The molecule has 118 valence electrons. The van der Waals surface area contributed by atoms with Crippen molar-refractivity contribution in [1.82, 2.24) is 10.2 Å². The second kappa shape index (κ2) is 8.20. The summed E-state index contributed by atoms with van der Waals surface area (Å²) in [7, 11) is 3.62. The molecule has 0 unspecified atom stereocenters. The summed E-state index contributed by atoms with van der Waals surface area (Å²) in [4.78, 5) is 14.6. The van der Waals surface area contributed by atoms with Crippen LogP contribution in [0.2, 0.25) is 0 Å². The highest BCUT2D eigenvalue weighted by molar-refractivity contribution is 5.85. The van der Waals surface area contributed by atoms with E-state index < -0.39 is 5.60 Å². The van der Waals surface area contributed by atoms with E-state index in [4.69, 9.17) is 4.74 Å². The highest BCUT2D eigenvalue weighted by Gasteiger charge is 2.41. The number of rotatable bonds is 4. The van der Waals surface area contributed by atoms with Gasteiger partial charge in [0.05, 0.1) is 0 Å². The number of ether oxygens (including phenoxy) is 1. The first-order chi connectivity index (χ1) is 9.18. The van der Waals surface area contributed by atoms with Crippen molar-refractivity contribution in [3.63, 3.8) is 0 Å². The maximum atomic E-state index is 12.7. The summed E-state index contributed by atoms with van der Waals surface area (Å²) in [6.07, 6.45) is 8.15. The van der Waals surface area contributed by atoms with Crippen LogP contribution in [0.25, 0.3) is 0 Å². The van der Waals surface area contributed by atoms with Crippen molar-refractivity contribution in [2.45, 2.75) is 50.5 Å². The average molecular weight is 305 g/mol. The van der Waals surface area contributed by atoms with E-state index in [9.17, 15) is 4.79 Å². The molecule has 1 heterocycles. The van der Waals surface area contributed by atoms with Crippen molar-refractivity contribution >= 4 is 18.3 Å². The zero-order valence-corrected chi connectivity index (χ0v) is 13.6. The van der Waals surface area contributed by atoms with Crippen LogP contribution in [-0.2, 0) is 9.53 Å². The van der Waals surface area contributed by atoms with Gasteiger partial charge in [-0.1, -0.05) is 19.3 Å². The van der Waals surface area contributed by atoms with Gasteiger partial charge in [-0.3, -0.25) is 4.79 Å². The number of methoxy groups -OCH3 is 1. The Bertz CT molecular complexity index is 300. The fourth-order valence-corrected chi connectivity index (χ4v) is 3.52. The first kappa shape index (κ1) is 17.7. The Balaban J connectivity index is 0.00000200. The second-order valence-electron chi connectivity index (χ2n) is 6.14. The minimum Gasteiger partial charge on any atom is -0.368 e. The van der Waals surface area contributed by atoms with E-state index in [1.165, 1.54) is 32.1 Å². The molecular formula is C15H29ClN2O2. The van der Waals surface area contributed by atoms with Gasteiger partial charge in [0.2, 0.25) is 0 Å². The lowest BCUT2D eigenvalue weighted by atomic mass is 9.87. The Morgan fingerprint density at radius 1 is 1.25 bits per heavy atom. The minimum atomic E-state index is -0.575. The molecule has 1 aliphatic carbocycles. The molecule has 0 aromatic heterocycles. The zero-order chi connectivity index (χ0) is 13.7. The summed E-state index contributed by atoms with van der Waals surface area (Å²) in [5.74, 6) is 0.875. The van der Waals surface area contributed by atoms with Crippen molar-refractivity contribution in [3.05, 3.63) is 0 Å². The van der Waals surface area contributed by atoms with Crippen LogP contribution in [0.15, 0.2) is 0 Å². The van der Waals surface area contributed by atoms with Crippen molar-refractivity contribution in [1.29, 1.82) is 0 Å². The summed E-state index contributed by atoms with van der Waals surface area (Å²) in [6, 6.07) is 0. The van der Waals surface area contributed by atoms with E-state index >= 15 is 0 Å². The van der Waals surface area contributed by atoms with Gasteiger partial charge in [-0.25, -0.2) is 0 Å². The largest absolute Gasteiger partial charge is 0.368 e. The molecule has 0 atom stereocenters. The fourth-order valence-electron chi connectivity index (χ4n) is 3.52. The molecule has 1 saturated heterocycles. The Kier molecular flexibility index (Phi) is 7.27. The van der Waals surface area contributed by atoms with Crippen LogP contribution in [0.3, 0.4) is 0 Å². The highest BCUT2D eigenvalue weighted by Crippen LogP contribution is 2.28. The van der Waals surface area contributed by atoms with Crippen LogP contribution in [0, 0.1) is 5.92 Å². The first-order valence-corrected chi connectivity index (χ1v) is 7.69. The molecule has 2 fully saturated rings. The van der Waals surface area contributed by atoms with Gasteiger partial charge in [-0.15, -0.1) is 12.4 Å². The van der Waals surface area contributed by atoms with Crippen molar-refractivity contribution in [2.24, 2.45) is 5.92 Å². The van der Waals surface area contributed by atoms with E-state index in [0.717, 1.165) is 32.5 Å². The zero-order valence-electron chi connectivity index (χ0n) is 12.8. The molecule has 0 bridgehead atoms. The van der Waals surface area contributed by atoms with Crippen LogP contribution in [0.4, 0.5) is 0 Å². The average Bonchev–Trinajstić information content (AvgIpc) is 2.48. The van der Waals surface area contributed by atoms with Crippen molar-refractivity contribution < 1.29 is 9.53 Å². The third-order valence-electron chi connectivity index (χ3n) is 4.80. The predicted molar refractivity (Wildman–Crippen MR) is 83.3 cm³/mol. The predicted octanol–water partition coefficient (Wildman–Crippen LogP) is 2.22. The third kappa shape index (κ3) is 4.09. The number of likely N-dealkylation sites (N-methyl/N-ethyl adjacent to an activating group) is 1. The van der Waals surface area contributed by atoms with E-state index in [-0.39, 0.29) is 18.3 Å². The molecule has 20 heavy (non-hydrogen) atoms. The standard InChI is InChI=1S/C15H28N2O2.ClH/c1-17(12-13-6-4-3-5-7-13)14(18)15(19-2)8-10-16-11-9-15;/h13,16H,3-12H2,1-2H3;1H.